The molecule has 338 valence electrons. The van der Waals surface area contributed by atoms with E-state index in [0.717, 1.165) is 110 Å². The lowest BCUT2D eigenvalue weighted by atomic mass is 9.72. The summed E-state index contributed by atoms with van der Waals surface area (Å²) < 4.78 is 2.43. The van der Waals surface area contributed by atoms with Crippen LogP contribution in [-0.2, 0) is 0 Å². The Bertz CT molecular complexity index is 4520. The molecule has 0 fully saturated rings. The SMILES string of the molecule is O=C1c2cc3c(cc2C2c4ccccc4C1c1ccccc12)c1c(-c2ccccc2)c2cc(-c4ccccc4-c4ccccc4)ccc2c2c4cc5c(cc4n3c12)C(=O)C1c2ccccc2C5c2ccccc21. The summed E-state index contributed by atoms with van der Waals surface area (Å²) in [7, 11) is 0. The van der Waals surface area contributed by atoms with E-state index >= 15 is 9.59 Å². The van der Waals surface area contributed by atoms with Crippen molar-refractivity contribution in [3.05, 3.63) is 291 Å². The zero-order valence-corrected chi connectivity index (χ0v) is 39.4. The standard InChI is InChI=1S/C70H41NO2/c72-69-55-36-59-57(34-53(55)62-43-23-9-13-27-47(43)65(69)48-28-14-10-24-44(48)62)64-51-32-31-40(42-22-8-7-21-41(42)38-17-3-1-4-18-38)33-52(51)61(39-19-5-2-6-20-39)67-58-35-54-56(37-60(58)71(59)68(64)67)70(73)66-49-29-15-11-25-45(49)63(54)46-26-12-16-30-50(46)66/h1-37,62-63,65-66H. The van der Waals surface area contributed by atoms with Crippen molar-refractivity contribution < 1.29 is 9.59 Å². The number of carbonyl (C=O) groups excluding carboxylic acids is 2. The quantitative estimate of drug-likeness (QED) is 0.177. The molecule has 0 amide bonds. The Morgan fingerprint density at radius 2 is 0.671 bits per heavy atom. The number of hydrogen-bond donors (Lipinski definition) is 0. The largest absolute Gasteiger partial charge is 0.308 e. The molecule has 4 bridgehead atoms. The average Bonchev–Trinajstić information content (AvgIpc) is 3.81. The van der Waals surface area contributed by atoms with Gasteiger partial charge in [-0.05, 0) is 130 Å². The number of ketones is 2. The lowest BCUT2D eigenvalue weighted by Gasteiger charge is -2.30. The van der Waals surface area contributed by atoms with Gasteiger partial charge in [-0.25, -0.2) is 0 Å². The molecule has 0 unspecified atom stereocenters. The minimum atomic E-state index is -0.403. The average molecular weight is 928 g/mol. The molecule has 73 heavy (non-hydrogen) atoms. The lowest BCUT2D eigenvalue weighted by Crippen LogP contribution is -2.19. The molecule has 0 radical (unpaired) electrons. The summed E-state index contributed by atoms with van der Waals surface area (Å²) >= 11 is 0. The molecule has 0 saturated carbocycles. The van der Waals surface area contributed by atoms with Crippen molar-refractivity contribution >= 4 is 60.4 Å². The van der Waals surface area contributed by atoms with Crippen LogP contribution in [0.1, 0.15) is 100 Å². The van der Waals surface area contributed by atoms with E-state index in [1.807, 2.05) is 0 Å². The number of rotatable bonds is 3. The van der Waals surface area contributed by atoms with Gasteiger partial charge in [0.15, 0.2) is 11.6 Å². The van der Waals surface area contributed by atoms with E-state index in [1.165, 1.54) is 38.9 Å². The molecule has 11 aromatic carbocycles. The molecule has 13 aromatic rings. The van der Waals surface area contributed by atoms with Crippen LogP contribution in [0.15, 0.2) is 224 Å². The highest BCUT2D eigenvalue weighted by molar-refractivity contribution is 6.37. The second-order valence-electron chi connectivity index (χ2n) is 20.7. The molecule has 0 spiro atoms. The molecule has 19 rings (SSSR count). The van der Waals surface area contributed by atoms with Crippen LogP contribution < -0.4 is 0 Å². The van der Waals surface area contributed by atoms with Gasteiger partial charge in [0, 0.05) is 44.5 Å². The van der Waals surface area contributed by atoms with Crippen molar-refractivity contribution in [2.45, 2.75) is 23.7 Å². The van der Waals surface area contributed by atoms with Crippen molar-refractivity contribution in [3.63, 3.8) is 0 Å². The predicted octanol–water partition coefficient (Wildman–Crippen LogP) is 16.6. The summed E-state index contributed by atoms with van der Waals surface area (Å²) in [4.78, 5) is 31.2. The van der Waals surface area contributed by atoms with Gasteiger partial charge >= 0.3 is 0 Å². The maximum atomic E-state index is 15.6. The predicted molar refractivity (Wildman–Crippen MR) is 295 cm³/mol. The number of Topliss-reactive ketones (excluding diaryl/α,β-unsaturated/α-hetero) is 2. The highest BCUT2D eigenvalue weighted by Gasteiger charge is 2.45. The highest BCUT2D eigenvalue weighted by atomic mass is 16.1. The summed E-state index contributed by atoms with van der Waals surface area (Å²) in [6.07, 6.45) is 0. The number of hydrogen-bond acceptors (Lipinski definition) is 2. The molecule has 3 nitrogen and oxygen atoms in total. The summed E-state index contributed by atoms with van der Waals surface area (Å²) in [6, 6.07) is 81.0. The molecule has 0 aliphatic heterocycles. The smallest absolute Gasteiger partial charge is 0.175 e. The Morgan fingerprint density at radius 3 is 1.15 bits per heavy atom. The minimum Gasteiger partial charge on any atom is -0.308 e. The highest BCUT2D eigenvalue weighted by Crippen LogP contribution is 2.57. The molecule has 3 heteroatoms. The third-order valence-corrected chi connectivity index (χ3v) is 17.4. The number of benzene rings is 11. The van der Waals surface area contributed by atoms with Gasteiger partial charge in [-0.3, -0.25) is 9.59 Å². The molecule has 0 N–H and O–H groups in total. The van der Waals surface area contributed by atoms with Crippen molar-refractivity contribution in [1.82, 2.24) is 4.40 Å². The summed E-state index contributed by atoms with van der Waals surface area (Å²) in [6.45, 7) is 0. The van der Waals surface area contributed by atoms with Gasteiger partial charge in [0.05, 0.1) is 28.4 Å². The van der Waals surface area contributed by atoms with Crippen LogP contribution >= 0.6 is 0 Å². The monoisotopic (exact) mass is 927 g/mol. The fourth-order valence-corrected chi connectivity index (χ4v) is 14.5. The van der Waals surface area contributed by atoms with E-state index in [0.29, 0.717) is 0 Å². The third kappa shape index (κ3) is 5.04. The maximum Gasteiger partial charge on any atom is 0.175 e. The third-order valence-electron chi connectivity index (χ3n) is 17.4. The second-order valence-corrected chi connectivity index (χ2v) is 20.7. The van der Waals surface area contributed by atoms with Gasteiger partial charge in [-0.1, -0.05) is 194 Å². The van der Waals surface area contributed by atoms with Crippen LogP contribution in [0.5, 0.6) is 0 Å². The van der Waals surface area contributed by atoms with Gasteiger partial charge in [-0.2, -0.15) is 0 Å². The van der Waals surface area contributed by atoms with E-state index < -0.39 is 11.8 Å². The van der Waals surface area contributed by atoms with Crippen LogP contribution in [0, 0.1) is 0 Å². The summed E-state index contributed by atoms with van der Waals surface area (Å²) in [5.74, 6) is -0.758. The van der Waals surface area contributed by atoms with Crippen LogP contribution in [-0.4, -0.2) is 16.0 Å². The van der Waals surface area contributed by atoms with E-state index in [-0.39, 0.29) is 23.4 Å². The first-order valence-electron chi connectivity index (χ1n) is 25.5. The van der Waals surface area contributed by atoms with E-state index in [4.69, 9.17) is 0 Å². The van der Waals surface area contributed by atoms with E-state index in [9.17, 15) is 0 Å². The number of carbonyl (C=O) groups is 2. The van der Waals surface area contributed by atoms with E-state index in [2.05, 4.69) is 229 Å². The maximum absolute atomic E-state index is 15.6. The summed E-state index contributed by atoms with van der Waals surface area (Å²) in [5, 5.41) is 6.84. The molecule has 6 aliphatic carbocycles. The van der Waals surface area contributed by atoms with Crippen LogP contribution in [0.25, 0.3) is 82.2 Å². The second kappa shape index (κ2) is 14.2. The van der Waals surface area contributed by atoms with Gasteiger partial charge in [0.2, 0.25) is 0 Å². The minimum absolute atomic E-state index is 0.106. The Labute approximate surface area is 420 Å². The van der Waals surface area contributed by atoms with Gasteiger partial charge in [-0.15, -0.1) is 0 Å². The van der Waals surface area contributed by atoms with Gasteiger partial charge < -0.3 is 4.40 Å². The molecule has 2 aromatic heterocycles. The van der Waals surface area contributed by atoms with Gasteiger partial charge in [0.1, 0.15) is 0 Å². The molecular weight excluding hydrogens is 887 g/mol. The first kappa shape index (κ1) is 39.5. The molecule has 0 saturated heterocycles. The first-order chi connectivity index (χ1) is 36.1. The Hall–Kier alpha value is -9.18. The van der Waals surface area contributed by atoms with Crippen molar-refractivity contribution in [1.29, 1.82) is 0 Å². The first-order valence-corrected chi connectivity index (χ1v) is 25.5. The summed E-state index contributed by atoms with van der Waals surface area (Å²) in [5.41, 5.74) is 22.9. The molecular formula is C70H41NO2. The fraction of sp³-hybridized carbons (Fsp3) is 0.0571. The zero-order valence-electron chi connectivity index (χ0n) is 39.4. The number of nitrogens with zero attached hydrogens (tertiary/aromatic N) is 1. The van der Waals surface area contributed by atoms with Crippen LogP contribution in [0.3, 0.4) is 0 Å². The Balaban J connectivity index is 1.06. The number of fused-ring (bicyclic) bond motifs is 8. The molecule has 6 aliphatic rings. The van der Waals surface area contributed by atoms with E-state index in [1.54, 1.807) is 0 Å². The Kier molecular flexibility index (Phi) is 7.71. The number of aromatic nitrogens is 1. The topological polar surface area (TPSA) is 38.5 Å². The van der Waals surface area contributed by atoms with Crippen molar-refractivity contribution in [3.8, 4) is 33.4 Å². The normalized spacial score (nSPS) is 17.9. The van der Waals surface area contributed by atoms with Gasteiger partial charge in [0.25, 0.3) is 0 Å². The molecule has 0 atom stereocenters. The molecule has 2 heterocycles. The fourth-order valence-electron chi connectivity index (χ4n) is 14.5. The Morgan fingerprint density at radius 1 is 0.274 bits per heavy atom. The van der Waals surface area contributed by atoms with Crippen LogP contribution in [0.4, 0.5) is 0 Å². The zero-order chi connectivity index (χ0) is 47.8. The van der Waals surface area contributed by atoms with Crippen molar-refractivity contribution in [2.24, 2.45) is 0 Å². The lowest BCUT2D eigenvalue weighted by molar-refractivity contribution is 0.0966. The van der Waals surface area contributed by atoms with Crippen molar-refractivity contribution in [2.75, 3.05) is 0 Å². The van der Waals surface area contributed by atoms with Crippen LogP contribution in [0.2, 0.25) is 0 Å².